The lowest BCUT2D eigenvalue weighted by Crippen LogP contribution is -2.44. The van der Waals surface area contributed by atoms with Crippen molar-refractivity contribution in [2.75, 3.05) is 44.1 Å². The van der Waals surface area contributed by atoms with Crippen LogP contribution < -0.4 is 10.6 Å². The molecule has 1 aliphatic rings. The van der Waals surface area contributed by atoms with Crippen LogP contribution in [-0.2, 0) is 14.3 Å². The molecule has 0 spiro atoms. The normalized spacial score (nSPS) is 16.4. The second-order valence-electron chi connectivity index (χ2n) is 8.71. The van der Waals surface area contributed by atoms with E-state index >= 15 is 0 Å². The first-order valence-electron chi connectivity index (χ1n) is 11.9. The summed E-state index contributed by atoms with van der Waals surface area (Å²) in [5.74, 6) is -0.393. The second-order valence-corrected chi connectivity index (χ2v) is 10.8. The Kier molecular flexibility index (Phi) is 9.48. The molecule has 200 valence electrons. The van der Waals surface area contributed by atoms with E-state index in [-0.39, 0.29) is 35.9 Å². The average Bonchev–Trinajstić information content (AvgIpc) is 2.97. The highest BCUT2D eigenvalue weighted by molar-refractivity contribution is 14.1. The molecule has 4 rings (SSSR count). The number of carbonyl (C=O) groups is 2. The Hall–Kier alpha value is -2.44. The van der Waals surface area contributed by atoms with Crippen LogP contribution in [0.4, 0.5) is 11.5 Å². The molecule has 0 saturated heterocycles. The standard InChI is InChI=1S/C27H27Cl2IN4O4/c1-16(20-8-10-23(29)32-25(20)31)34-24(17-3-5-18(28)6-4-17)27(36)33(11-12-38-14-13-37-2)22-9-7-19(30)15-21(22)26(34)35/h3-10,15-16,24H,11-14H2,1-2H3,(H2,31,32). The molecule has 1 aromatic heterocycles. The lowest BCUT2D eigenvalue weighted by molar-refractivity contribution is -0.124. The Balaban J connectivity index is 1.86. The summed E-state index contributed by atoms with van der Waals surface area (Å²) in [5, 5.41) is 0.763. The Morgan fingerprint density at radius 3 is 2.47 bits per heavy atom. The van der Waals surface area contributed by atoms with E-state index in [1.54, 1.807) is 65.4 Å². The maximum Gasteiger partial charge on any atom is 0.257 e. The third-order valence-electron chi connectivity index (χ3n) is 6.36. The number of benzene rings is 2. The number of fused-ring (bicyclic) bond motifs is 1. The number of ether oxygens (including phenoxy) is 2. The van der Waals surface area contributed by atoms with Crippen LogP contribution >= 0.6 is 45.8 Å². The predicted octanol–water partition coefficient (Wildman–Crippen LogP) is 5.53. The molecular formula is C27H27Cl2IN4O4. The van der Waals surface area contributed by atoms with Crippen molar-refractivity contribution in [3.63, 3.8) is 0 Å². The maximum atomic E-state index is 14.4. The van der Waals surface area contributed by atoms with Crippen molar-refractivity contribution in [1.82, 2.24) is 9.88 Å². The number of carbonyl (C=O) groups excluding carboxylic acids is 2. The first kappa shape index (κ1) is 28.6. The molecular weight excluding hydrogens is 642 g/mol. The molecule has 2 amide bonds. The zero-order valence-corrected chi connectivity index (χ0v) is 24.5. The SMILES string of the molecule is COCCOCCN1C(=O)C(c2ccc(Cl)cc2)N(C(C)c2ccc(Cl)nc2N)C(=O)c2cc(I)ccc21. The number of pyridine rings is 1. The van der Waals surface area contributed by atoms with Gasteiger partial charge in [0.1, 0.15) is 17.0 Å². The highest BCUT2D eigenvalue weighted by atomic mass is 127. The third-order valence-corrected chi connectivity index (χ3v) is 7.49. The summed E-state index contributed by atoms with van der Waals surface area (Å²) in [5.41, 5.74) is 8.36. The Bertz CT molecular complexity index is 1320. The van der Waals surface area contributed by atoms with E-state index in [0.717, 1.165) is 3.57 Å². The molecule has 2 heterocycles. The number of hydrogen-bond donors (Lipinski definition) is 1. The van der Waals surface area contributed by atoms with E-state index in [1.165, 1.54) is 0 Å². The minimum absolute atomic E-state index is 0.190. The smallest absolute Gasteiger partial charge is 0.257 e. The van der Waals surface area contributed by atoms with Gasteiger partial charge in [-0.05, 0) is 71.5 Å². The van der Waals surface area contributed by atoms with Crippen molar-refractivity contribution < 1.29 is 19.1 Å². The minimum atomic E-state index is -0.964. The largest absolute Gasteiger partial charge is 0.383 e. The summed E-state index contributed by atoms with van der Waals surface area (Å²) < 4.78 is 11.6. The molecule has 1 aliphatic heterocycles. The summed E-state index contributed by atoms with van der Waals surface area (Å²) in [6.45, 7) is 3.18. The molecule has 0 radical (unpaired) electrons. The van der Waals surface area contributed by atoms with E-state index in [9.17, 15) is 9.59 Å². The number of hydrogen-bond acceptors (Lipinski definition) is 6. The van der Waals surface area contributed by atoms with E-state index in [1.807, 2.05) is 13.0 Å². The van der Waals surface area contributed by atoms with E-state index < -0.39 is 12.1 Å². The number of nitrogens with two attached hydrogens (primary N) is 1. The average molecular weight is 669 g/mol. The first-order valence-corrected chi connectivity index (χ1v) is 13.7. The van der Waals surface area contributed by atoms with Crippen LogP contribution in [0.15, 0.2) is 54.6 Å². The fourth-order valence-electron chi connectivity index (χ4n) is 4.50. The molecule has 2 aromatic carbocycles. The van der Waals surface area contributed by atoms with Crippen molar-refractivity contribution >= 4 is 69.1 Å². The van der Waals surface area contributed by atoms with Gasteiger partial charge in [0.25, 0.3) is 11.8 Å². The van der Waals surface area contributed by atoms with Gasteiger partial charge in [-0.1, -0.05) is 41.4 Å². The number of nitrogen functional groups attached to an aromatic ring is 1. The number of aromatic nitrogens is 1. The fraction of sp³-hybridized carbons (Fsp3) is 0.296. The van der Waals surface area contributed by atoms with Gasteiger partial charge in [-0.2, -0.15) is 0 Å². The van der Waals surface area contributed by atoms with Crippen LogP contribution in [0.2, 0.25) is 10.2 Å². The lowest BCUT2D eigenvalue weighted by atomic mass is 9.99. The number of halogens is 3. The summed E-state index contributed by atoms with van der Waals surface area (Å²) >= 11 is 14.4. The molecule has 0 fully saturated rings. The molecule has 8 nitrogen and oxygen atoms in total. The lowest BCUT2D eigenvalue weighted by Gasteiger charge is -2.36. The molecule has 2 unspecified atom stereocenters. The molecule has 2 atom stereocenters. The zero-order chi connectivity index (χ0) is 27.4. The van der Waals surface area contributed by atoms with Crippen LogP contribution in [0.1, 0.15) is 40.5 Å². The summed E-state index contributed by atoms with van der Waals surface area (Å²) in [7, 11) is 1.60. The molecule has 11 heteroatoms. The Morgan fingerprint density at radius 1 is 1.05 bits per heavy atom. The van der Waals surface area contributed by atoms with Gasteiger partial charge in [-0.25, -0.2) is 4.98 Å². The highest BCUT2D eigenvalue weighted by Crippen LogP contribution is 2.41. The number of nitrogens with zero attached hydrogens (tertiary/aromatic N) is 3. The fourth-order valence-corrected chi connectivity index (χ4v) is 5.27. The number of rotatable bonds is 9. The number of anilines is 2. The van der Waals surface area contributed by atoms with E-state index in [2.05, 4.69) is 27.6 Å². The van der Waals surface area contributed by atoms with E-state index in [0.29, 0.717) is 40.6 Å². The van der Waals surface area contributed by atoms with Gasteiger partial charge in [0.05, 0.1) is 37.1 Å². The van der Waals surface area contributed by atoms with Crippen LogP contribution in [0.3, 0.4) is 0 Å². The van der Waals surface area contributed by atoms with Crippen LogP contribution in [0, 0.1) is 3.57 Å². The van der Waals surface area contributed by atoms with Gasteiger partial charge < -0.3 is 25.0 Å². The van der Waals surface area contributed by atoms with Crippen LogP contribution in [0.5, 0.6) is 0 Å². The van der Waals surface area contributed by atoms with Gasteiger partial charge in [0.15, 0.2) is 0 Å². The Labute approximate surface area is 245 Å². The van der Waals surface area contributed by atoms with Crippen LogP contribution in [-0.4, -0.2) is 55.2 Å². The molecule has 0 saturated carbocycles. The monoisotopic (exact) mass is 668 g/mol. The van der Waals surface area contributed by atoms with Crippen molar-refractivity contribution in [2.45, 2.75) is 19.0 Å². The van der Waals surface area contributed by atoms with Crippen molar-refractivity contribution in [3.05, 3.63) is 85.0 Å². The van der Waals surface area contributed by atoms with Gasteiger partial charge in [-0.15, -0.1) is 0 Å². The van der Waals surface area contributed by atoms with Gasteiger partial charge >= 0.3 is 0 Å². The summed E-state index contributed by atoms with van der Waals surface area (Å²) in [6.07, 6.45) is 0. The topological polar surface area (TPSA) is 98.0 Å². The second kappa shape index (κ2) is 12.6. The molecule has 2 N–H and O–H groups in total. The van der Waals surface area contributed by atoms with Gasteiger partial charge in [0, 0.05) is 27.8 Å². The number of methoxy groups -OCH3 is 1. The predicted molar refractivity (Wildman–Crippen MR) is 157 cm³/mol. The van der Waals surface area contributed by atoms with Crippen molar-refractivity contribution in [3.8, 4) is 0 Å². The highest BCUT2D eigenvalue weighted by Gasteiger charge is 2.43. The van der Waals surface area contributed by atoms with Crippen molar-refractivity contribution in [1.29, 1.82) is 0 Å². The molecule has 0 aliphatic carbocycles. The van der Waals surface area contributed by atoms with Gasteiger partial charge in [0.2, 0.25) is 0 Å². The quantitative estimate of drug-likeness (QED) is 0.183. The molecule has 3 aromatic rings. The van der Waals surface area contributed by atoms with Crippen molar-refractivity contribution in [2.24, 2.45) is 0 Å². The maximum absolute atomic E-state index is 14.4. The van der Waals surface area contributed by atoms with E-state index in [4.69, 9.17) is 38.4 Å². The first-order chi connectivity index (χ1) is 18.2. The van der Waals surface area contributed by atoms with Gasteiger partial charge in [-0.3, -0.25) is 9.59 Å². The molecule has 38 heavy (non-hydrogen) atoms. The number of amides is 2. The Morgan fingerprint density at radius 2 is 1.79 bits per heavy atom. The minimum Gasteiger partial charge on any atom is -0.383 e. The summed E-state index contributed by atoms with van der Waals surface area (Å²) in [6, 6.07) is 14.2. The van der Waals surface area contributed by atoms with Crippen LogP contribution in [0.25, 0.3) is 0 Å². The molecule has 0 bridgehead atoms. The third kappa shape index (κ3) is 6.07. The zero-order valence-electron chi connectivity index (χ0n) is 20.9. The summed E-state index contributed by atoms with van der Waals surface area (Å²) in [4.78, 5) is 36.0.